The molecule has 26 heavy (non-hydrogen) atoms. The second kappa shape index (κ2) is 6.14. The molecule has 0 N–H and O–H groups in total. The number of hydrogen-bond acceptors (Lipinski definition) is 5. The lowest BCUT2D eigenvalue weighted by molar-refractivity contribution is -0.384. The fourth-order valence-electron chi connectivity index (χ4n) is 3.33. The molecule has 8 nitrogen and oxygen atoms in total. The molecule has 0 spiro atoms. The fourth-order valence-corrected chi connectivity index (χ4v) is 3.33. The van der Waals surface area contributed by atoms with Crippen LogP contribution < -0.4 is 10.7 Å². The zero-order chi connectivity index (χ0) is 18.3. The smallest absolute Gasteiger partial charge is 0.408 e. The van der Waals surface area contributed by atoms with E-state index in [1.165, 1.54) is 16.7 Å². The number of fused-ring (bicyclic) bond motifs is 2. The van der Waals surface area contributed by atoms with E-state index in [2.05, 4.69) is 0 Å². The molecule has 0 fully saturated rings. The van der Waals surface area contributed by atoms with Gasteiger partial charge in [-0.05, 0) is 30.2 Å². The minimum atomic E-state index is -0.489. The number of aryl methyl sites for hydroxylation is 1. The molecule has 2 heterocycles. The molecule has 0 aliphatic carbocycles. The lowest BCUT2D eigenvalue weighted by atomic mass is 10.1. The molecule has 0 saturated carbocycles. The Hall–Kier alpha value is -3.42. The minimum absolute atomic E-state index is 0.0227. The number of nitrogens with zero attached hydrogens (tertiary/aromatic N) is 3. The Kier molecular flexibility index (Phi) is 3.80. The van der Waals surface area contributed by atoms with Crippen molar-refractivity contribution in [3.8, 4) is 0 Å². The largest absolute Gasteiger partial charge is 0.419 e. The maximum absolute atomic E-state index is 12.6. The van der Waals surface area contributed by atoms with Gasteiger partial charge in [0.1, 0.15) is 0 Å². The van der Waals surface area contributed by atoms with Gasteiger partial charge in [-0.3, -0.25) is 19.5 Å². The predicted molar refractivity (Wildman–Crippen MR) is 94.2 cm³/mol. The van der Waals surface area contributed by atoms with E-state index in [0.717, 1.165) is 5.56 Å². The summed E-state index contributed by atoms with van der Waals surface area (Å²) in [5.74, 6) is -0.619. The molecule has 1 aliphatic rings. The first kappa shape index (κ1) is 16.1. The zero-order valence-corrected chi connectivity index (χ0v) is 13.8. The maximum atomic E-state index is 12.6. The molecule has 0 radical (unpaired) electrons. The molecule has 0 bridgehead atoms. The van der Waals surface area contributed by atoms with Crippen LogP contribution >= 0.6 is 0 Å². The van der Waals surface area contributed by atoms with E-state index in [-0.39, 0.29) is 24.6 Å². The van der Waals surface area contributed by atoms with Crippen LogP contribution in [0.2, 0.25) is 0 Å². The molecule has 0 unspecified atom stereocenters. The van der Waals surface area contributed by atoms with Gasteiger partial charge in [0.05, 0.1) is 10.4 Å². The van der Waals surface area contributed by atoms with E-state index in [1.54, 1.807) is 35.2 Å². The minimum Gasteiger partial charge on any atom is -0.408 e. The van der Waals surface area contributed by atoms with Crippen molar-refractivity contribution in [3.63, 3.8) is 0 Å². The number of hydrogen-bond donors (Lipinski definition) is 0. The highest BCUT2D eigenvalue weighted by Crippen LogP contribution is 2.31. The van der Waals surface area contributed by atoms with Crippen molar-refractivity contribution in [2.45, 2.75) is 19.4 Å². The Bertz CT molecular complexity index is 1080. The Morgan fingerprint density at radius 3 is 2.85 bits per heavy atom. The normalized spacial score (nSPS) is 13.2. The number of para-hydroxylation sites is 2. The fraction of sp³-hybridized carbons (Fsp3) is 0.222. The molecular formula is C18H15N3O5. The Morgan fingerprint density at radius 1 is 1.23 bits per heavy atom. The van der Waals surface area contributed by atoms with Crippen LogP contribution in [0.15, 0.2) is 51.7 Å². The van der Waals surface area contributed by atoms with E-state index in [4.69, 9.17) is 4.42 Å². The number of amides is 1. The van der Waals surface area contributed by atoms with Crippen molar-refractivity contribution >= 4 is 28.4 Å². The van der Waals surface area contributed by atoms with Crippen molar-refractivity contribution in [1.82, 2.24) is 4.57 Å². The number of carbonyl (C=O) groups is 1. The van der Waals surface area contributed by atoms with E-state index >= 15 is 0 Å². The van der Waals surface area contributed by atoms with Crippen molar-refractivity contribution in [2.75, 3.05) is 11.4 Å². The summed E-state index contributed by atoms with van der Waals surface area (Å²) in [7, 11) is 0. The van der Waals surface area contributed by atoms with Crippen LogP contribution in [-0.2, 0) is 17.8 Å². The van der Waals surface area contributed by atoms with Crippen LogP contribution in [0.4, 0.5) is 11.4 Å². The van der Waals surface area contributed by atoms with Crippen molar-refractivity contribution < 1.29 is 14.1 Å². The molecule has 0 saturated heterocycles. The highest BCUT2D eigenvalue weighted by atomic mass is 16.6. The third-order valence-corrected chi connectivity index (χ3v) is 4.59. The number of benzene rings is 2. The highest BCUT2D eigenvalue weighted by Gasteiger charge is 2.26. The number of nitro groups is 1. The van der Waals surface area contributed by atoms with Crippen molar-refractivity contribution in [3.05, 3.63) is 68.7 Å². The lowest BCUT2D eigenvalue weighted by Gasteiger charge is -2.17. The van der Waals surface area contributed by atoms with Gasteiger partial charge in [-0.2, -0.15) is 0 Å². The number of anilines is 1. The van der Waals surface area contributed by atoms with E-state index in [0.29, 0.717) is 29.8 Å². The molecule has 3 aromatic rings. The topological polar surface area (TPSA) is 98.6 Å². The highest BCUT2D eigenvalue weighted by molar-refractivity contribution is 5.95. The number of nitro benzene ring substituents is 1. The average Bonchev–Trinajstić information content (AvgIpc) is 3.19. The van der Waals surface area contributed by atoms with Crippen molar-refractivity contribution in [2.24, 2.45) is 0 Å². The third kappa shape index (κ3) is 2.65. The Labute approximate surface area is 147 Å². The lowest BCUT2D eigenvalue weighted by Crippen LogP contribution is -2.30. The van der Waals surface area contributed by atoms with Gasteiger partial charge in [0.2, 0.25) is 5.91 Å². The third-order valence-electron chi connectivity index (χ3n) is 4.59. The zero-order valence-electron chi connectivity index (χ0n) is 13.8. The van der Waals surface area contributed by atoms with Gasteiger partial charge in [0.25, 0.3) is 5.69 Å². The van der Waals surface area contributed by atoms with Gasteiger partial charge in [0.15, 0.2) is 5.58 Å². The molecule has 132 valence electrons. The number of oxazole rings is 1. The predicted octanol–water partition coefficient (Wildman–Crippen LogP) is 2.48. The van der Waals surface area contributed by atoms with Crippen LogP contribution in [-0.4, -0.2) is 21.9 Å². The van der Waals surface area contributed by atoms with Gasteiger partial charge in [-0.15, -0.1) is 0 Å². The monoisotopic (exact) mass is 353 g/mol. The summed E-state index contributed by atoms with van der Waals surface area (Å²) in [6.07, 6.45) is 0.719. The standard InChI is InChI=1S/C18H15N3O5/c22-17(8-10-20-15-3-1-2-4-16(15)26-18(20)23)19-9-7-12-11-13(21(24)25)5-6-14(12)19/h1-6,11H,7-10H2. The Balaban J connectivity index is 1.53. The first-order chi connectivity index (χ1) is 12.5. The molecule has 1 aromatic heterocycles. The summed E-state index contributed by atoms with van der Waals surface area (Å²) >= 11 is 0. The molecule has 2 aromatic carbocycles. The second-order valence-corrected chi connectivity index (χ2v) is 6.10. The quantitative estimate of drug-likeness (QED) is 0.530. The first-order valence-corrected chi connectivity index (χ1v) is 8.20. The summed E-state index contributed by atoms with van der Waals surface area (Å²) in [6, 6.07) is 11.6. The van der Waals surface area contributed by atoms with Gasteiger partial charge >= 0.3 is 5.76 Å². The molecule has 0 atom stereocenters. The molecule has 1 aliphatic heterocycles. The van der Waals surface area contributed by atoms with E-state index in [9.17, 15) is 19.7 Å². The molecular weight excluding hydrogens is 338 g/mol. The summed E-state index contributed by atoms with van der Waals surface area (Å²) in [5, 5.41) is 10.9. The van der Waals surface area contributed by atoms with Gasteiger partial charge in [-0.25, -0.2) is 4.79 Å². The number of aromatic nitrogens is 1. The van der Waals surface area contributed by atoms with Crippen molar-refractivity contribution in [1.29, 1.82) is 0 Å². The van der Waals surface area contributed by atoms with Gasteiger partial charge < -0.3 is 9.32 Å². The summed E-state index contributed by atoms with van der Waals surface area (Å²) in [4.78, 5) is 36.6. The summed E-state index contributed by atoms with van der Waals surface area (Å²) < 4.78 is 6.61. The van der Waals surface area contributed by atoms with E-state index < -0.39 is 10.7 Å². The second-order valence-electron chi connectivity index (χ2n) is 6.10. The SMILES string of the molecule is O=C(CCn1c(=O)oc2ccccc21)N1CCc2cc([N+](=O)[O-])ccc21. The van der Waals surface area contributed by atoms with Crippen LogP contribution in [0.3, 0.4) is 0 Å². The molecule has 1 amide bonds. The van der Waals surface area contributed by atoms with Crippen LogP contribution in [0.1, 0.15) is 12.0 Å². The first-order valence-electron chi connectivity index (χ1n) is 8.20. The van der Waals surface area contributed by atoms with E-state index in [1.807, 2.05) is 0 Å². The maximum Gasteiger partial charge on any atom is 0.419 e. The summed E-state index contributed by atoms with van der Waals surface area (Å²) in [6.45, 7) is 0.698. The van der Waals surface area contributed by atoms with Crippen LogP contribution in [0, 0.1) is 10.1 Å². The molecule has 8 heteroatoms. The van der Waals surface area contributed by atoms with Crippen LogP contribution in [0.5, 0.6) is 0 Å². The number of carbonyl (C=O) groups excluding carboxylic acids is 1. The summed E-state index contributed by atoms with van der Waals surface area (Å²) in [5.41, 5.74) is 2.66. The van der Waals surface area contributed by atoms with Crippen LogP contribution in [0.25, 0.3) is 11.1 Å². The Morgan fingerprint density at radius 2 is 2.04 bits per heavy atom. The van der Waals surface area contributed by atoms with Gasteiger partial charge in [0, 0.05) is 37.3 Å². The number of rotatable bonds is 4. The average molecular weight is 353 g/mol. The number of non-ortho nitro benzene ring substituents is 1. The molecule has 4 rings (SSSR count). The van der Waals surface area contributed by atoms with Gasteiger partial charge in [-0.1, -0.05) is 12.1 Å².